The van der Waals surface area contributed by atoms with Crippen LogP contribution in [0.3, 0.4) is 0 Å². The minimum absolute atomic E-state index is 0.0912. The summed E-state index contributed by atoms with van der Waals surface area (Å²) in [4.78, 5) is 4.47. The van der Waals surface area contributed by atoms with Crippen LogP contribution in [-0.4, -0.2) is 28.2 Å². The highest BCUT2D eigenvalue weighted by molar-refractivity contribution is 6.72. The molecule has 0 aliphatic carbocycles. The van der Waals surface area contributed by atoms with Crippen molar-refractivity contribution in [3.05, 3.63) is 102 Å². The molecule has 4 heteroatoms. The number of hydrogen-bond donors (Lipinski definition) is 0. The quantitative estimate of drug-likeness (QED) is 0.441. The van der Waals surface area contributed by atoms with Crippen molar-refractivity contribution in [2.24, 2.45) is 0 Å². The van der Waals surface area contributed by atoms with Gasteiger partial charge in [0.2, 0.25) is 0 Å². The van der Waals surface area contributed by atoms with Gasteiger partial charge in [-0.3, -0.25) is 0 Å². The number of nitrogens with zero attached hydrogens (tertiary/aromatic N) is 2. The molecule has 0 spiro atoms. The standard InChI is InChI=1S/C27H27BN2O/c1-29(2)25-13-7-11-22-12-8-14-26(27(22)25)30(3)28-24-18-21(15-16-23(24)19-31-28)17-20-9-5-4-6-10-20/h4-16,18H,17,19H2,1-3H3. The highest BCUT2D eigenvalue weighted by Gasteiger charge is 2.34. The zero-order valence-corrected chi connectivity index (χ0v) is 18.4. The topological polar surface area (TPSA) is 15.7 Å². The van der Waals surface area contributed by atoms with E-state index in [-0.39, 0.29) is 7.05 Å². The summed E-state index contributed by atoms with van der Waals surface area (Å²) < 4.78 is 6.31. The van der Waals surface area contributed by atoms with E-state index in [1.54, 1.807) is 0 Å². The molecule has 4 aromatic rings. The summed E-state index contributed by atoms with van der Waals surface area (Å²) >= 11 is 0. The molecular weight excluding hydrogens is 379 g/mol. The molecule has 154 valence electrons. The maximum Gasteiger partial charge on any atom is 0.452 e. The minimum Gasteiger partial charge on any atom is -0.409 e. The molecule has 0 amide bonds. The smallest absolute Gasteiger partial charge is 0.409 e. The van der Waals surface area contributed by atoms with E-state index >= 15 is 0 Å². The molecule has 0 fully saturated rings. The van der Waals surface area contributed by atoms with Crippen molar-refractivity contribution in [2.45, 2.75) is 13.0 Å². The van der Waals surface area contributed by atoms with E-state index < -0.39 is 0 Å². The van der Waals surface area contributed by atoms with Gasteiger partial charge in [0.1, 0.15) is 0 Å². The largest absolute Gasteiger partial charge is 0.452 e. The Morgan fingerprint density at radius 3 is 2.26 bits per heavy atom. The molecule has 0 radical (unpaired) electrons. The second kappa shape index (κ2) is 8.12. The van der Waals surface area contributed by atoms with Crippen molar-refractivity contribution in [3.63, 3.8) is 0 Å². The lowest BCUT2D eigenvalue weighted by atomic mass is 9.70. The van der Waals surface area contributed by atoms with Crippen LogP contribution in [-0.2, 0) is 17.7 Å². The second-order valence-electron chi connectivity index (χ2n) is 8.52. The van der Waals surface area contributed by atoms with E-state index in [2.05, 4.69) is 116 Å². The van der Waals surface area contributed by atoms with Gasteiger partial charge in [0.25, 0.3) is 0 Å². The van der Waals surface area contributed by atoms with Crippen molar-refractivity contribution >= 4 is 34.7 Å². The Morgan fingerprint density at radius 1 is 0.774 bits per heavy atom. The fourth-order valence-electron chi connectivity index (χ4n) is 4.62. The molecule has 0 aromatic heterocycles. The Labute approximate surface area is 185 Å². The van der Waals surface area contributed by atoms with Gasteiger partial charge in [0.05, 0.1) is 6.61 Å². The van der Waals surface area contributed by atoms with Crippen LogP contribution < -0.4 is 15.2 Å². The van der Waals surface area contributed by atoms with Crippen LogP contribution in [0.25, 0.3) is 10.8 Å². The maximum atomic E-state index is 6.31. The molecule has 1 aliphatic rings. The van der Waals surface area contributed by atoms with Gasteiger partial charge >= 0.3 is 7.05 Å². The van der Waals surface area contributed by atoms with Crippen LogP contribution in [0.15, 0.2) is 84.9 Å². The molecule has 0 bridgehead atoms. The molecule has 5 rings (SSSR count). The highest BCUT2D eigenvalue weighted by atomic mass is 16.4. The average molecular weight is 406 g/mol. The highest BCUT2D eigenvalue weighted by Crippen LogP contribution is 2.35. The molecule has 1 heterocycles. The van der Waals surface area contributed by atoms with Crippen molar-refractivity contribution in [3.8, 4) is 0 Å². The first-order valence-electron chi connectivity index (χ1n) is 10.8. The third-order valence-corrected chi connectivity index (χ3v) is 6.20. The van der Waals surface area contributed by atoms with E-state index in [1.165, 1.54) is 44.3 Å². The van der Waals surface area contributed by atoms with Gasteiger partial charge in [0.15, 0.2) is 0 Å². The summed E-state index contributed by atoms with van der Waals surface area (Å²) in [6, 6.07) is 30.4. The van der Waals surface area contributed by atoms with Crippen molar-refractivity contribution in [2.75, 3.05) is 30.9 Å². The third kappa shape index (κ3) is 3.68. The molecule has 0 saturated heterocycles. The number of rotatable bonds is 5. The van der Waals surface area contributed by atoms with Crippen molar-refractivity contribution in [1.82, 2.24) is 0 Å². The molecule has 0 unspecified atom stereocenters. The third-order valence-electron chi connectivity index (χ3n) is 6.20. The van der Waals surface area contributed by atoms with Crippen molar-refractivity contribution in [1.29, 1.82) is 0 Å². The van der Waals surface area contributed by atoms with Crippen LogP contribution in [0.1, 0.15) is 16.7 Å². The first-order valence-corrected chi connectivity index (χ1v) is 10.8. The van der Waals surface area contributed by atoms with Crippen LogP contribution in [0.4, 0.5) is 11.4 Å². The van der Waals surface area contributed by atoms with Gasteiger partial charge in [-0.25, -0.2) is 0 Å². The molecule has 0 saturated carbocycles. The van der Waals surface area contributed by atoms with E-state index in [9.17, 15) is 0 Å². The van der Waals surface area contributed by atoms with Crippen LogP contribution >= 0.6 is 0 Å². The lowest BCUT2D eigenvalue weighted by Gasteiger charge is -2.27. The molecule has 0 atom stereocenters. The fraction of sp³-hybridized carbons (Fsp3) is 0.185. The molecule has 4 aromatic carbocycles. The van der Waals surface area contributed by atoms with Gasteiger partial charge < -0.3 is 14.4 Å². The SMILES string of the molecule is CN(C)c1cccc2cccc(N(C)B3OCc4ccc(Cc5ccccc5)cc43)c12. The van der Waals surface area contributed by atoms with Gasteiger partial charge in [-0.1, -0.05) is 72.8 Å². The Hall–Kier alpha value is -3.24. The maximum absolute atomic E-state index is 6.31. The summed E-state index contributed by atoms with van der Waals surface area (Å²) in [6.07, 6.45) is 0.934. The summed E-state index contributed by atoms with van der Waals surface area (Å²) in [7, 11) is 6.25. The van der Waals surface area contributed by atoms with Gasteiger partial charge in [0, 0.05) is 30.9 Å². The molecule has 31 heavy (non-hydrogen) atoms. The molecule has 3 nitrogen and oxygen atoms in total. The predicted octanol–water partition coefficient (Wildman–Crippen LogP) is 4.86. The van der Waals surface area contributed by atoms with Crippen LogP contribution in [0, 0.1) is 0 Å². The normalized spacial score (nSPS) is 12.8. The average Bonchev–Trinajstić information content (AvgIpc) is 3.21. The lowest BCUT2D eigenvalue weighted by molar-refractivity contribution is 0.329. The molecule has 0 N–H and O–H groups in total. The van der Waals surface area contributed by atoms with Crippen LogP contribution in [0.5, 0.6) is 0 Å². The fourth-order valence-corrected chi connectivity index (χ4v) is 4.62. The Kier molecular flexibility index (Phi) is 5.17. The van der Waals surface area contributed by atoms with Gasteiger partial charge in [-0.2, -0.15) is 0 Å². The number of hydrogen-bond acceptors (Lipinski definition) is 3. The summed E-state index contributed by atoms with van der Waals surface area (Å²) in [5.41, 5.74) is 7.61. The molecular formula is C27H27BN2O. The summed E-state index contributed by atoms with van der Waals surface area (Å²) in [5, 5.41) is 2.50. The van der Waals surface area contributed by atoms with E-state index in [4.69, 9.17) is 4.65 Å². The van der Waals surface area contributed by atoms with Crippen molar-refractivity contribution < 1.29 is 4.65 Å². The van der Waals surface area contributed by atoms with Gasteiger partial charge in [-0.15, -0.1) is 0 Å². The Balaban J connectivity index is 1.53. The first kappa shape index (κ1) is 19.7. The second-order valence-corrected chi connectivity index (χ2v) is 8.52. The van der Waals surface area contributed by atoms with E-state index in [1.807, 2.05) is 0 Å². The minimum atomic E-state index is -0.0912. The zero-order chi connectivity index (χ0) is 21.4. The van der Waals surface area contributed by atoms with E-state index in [0.717, 1.165) is 6.42 Å². The first-order chi connectivity index (χ1) is 15.1. The summed E-state index contributed by atoms with van der Waals surface area (Å²) in [6.45, 7) is 0.654. The molecule has 1 aliphatic heterocycles. The van der Waals surface area contributed by atoms with Crippen LogP contribution in [0.2, 0.25) is 0 Å². The number of benzene rings is 4. The number of anilines is 2. The number of fused-ring (bicyclic) bond motifs is 2. The zero-order valence-electron chi connectivity index (χ0n) is 18.4. The Morgan fingerprint density at radius 2 is 1.52 bits per heavy atom. The van der Waals surface area contributed by atoms with E-state index in [0.29, 0.717) is 6.61 Å². The predicted molar refractivity (Wildman–Crippen MR) is 133 cm³/mol. The monoisotopic (exact) mass is 406 g/mol. The lowest BCUT2D eigenvalue weighted by Crippen LogP contribution is -2.46. The summed E-state index contributed by atoms with van der Waals surface area (Å²) in [5.74, 6) is 0. The van der Waals surface area contributed by atoms with Gasteiger partial charge in [-0.05, 0) is 53.1 Å². The Bertz CT molecular complexity index is 1220.